The Morgan fingerprint density at radius 3 is 2.07 bits per heavy atom. The Balaban J connectivity index is 2.10. The minimum atomic E-state index is 0.778. The third-order valence-corrected chi connectivity index (χ3v) is 3.05. The summed E-state index contributed by atoms with van der Waals surface area (Å²) in [4.78, 5) is 4.68. The molecule has 1 saturated carbocycles. The lowest BCUT2D eigenvalue weighted by Gasteiger charge is -2.01. The van der Waals surface area contributed by atoms with E-state index in [0.717, 1.165) is 10.7 Å². The van der Waals surface area contributed by atoms with E-state index in [2.05, 4.69) is 4.99 Å². The van der Waals surface area contributed by atoms with Crippen molar-refractivity contribution in [2.24, 2.45) is 4.99 Å². The average Bonchev–Trinajstić information content (AvgIpc) is 2.50. The molecule has 0 amide bonds. The maximum absolute atomic E-state index is 5.83. The minimum absolute atomic E-state index is 0.778. The first-order valence-corrected chi connectivity index (χ1v) is 6.04. The van der Waals surface area contributed by atoms with Crippen LogP contribution >= 0.6 is 11.6 Å². The van der Waals surface area contributed by atoms with E-state index in [1.54, 1.807) is 0 Å². The molecule has 2 heteroatoms. The lowest BCUT2D eigenvalue weighted by atomic mass is 10.2. The molecular formula is C13H16ClN. The lowest BCUT2D eigenvalue weighted by Crippen LogP contribution is -1.94. The highest BCUT2D eigenvalue weighted by Gasteiger charge is 2.05. The van der Waals surface area contributed by atoms with Crippen molar-refractivity contribution in [3.63, 3.8) is 0 Å². The zero-order valence-corrected chi connectivity index (χ0v) is 9.63. The average molecular weight is 222 g/mol. The highest BCUT2D eigenvalue weighted by atomic mass is 35.5. The van der Waals surface area contributed by atoms with Crippen LogP contribution in [-0.4, -0.2) is 5.71 Å². The van der Waals surface area contributed by atoms with Gasteiger partial charge in [0, 0.05) is 10.7 Å². The van der Waals surface area contributed by atoms with E-state index < -0.39 is 0 Å². The van der Waals surface area contributed by atoms with Gasteiger partial charge in [-0.25, -0.2) is 0 Å². The van der Waals surface area contributed by atoms with Crippen molar-refractivity contribution in [1.29, 1.82) is 0 Å². The van der Waals surface area contributed by atoms with E-state index >= 15 is 0 Å². The monoisotopic (exact) mass is 221 g/mol. The van der Waals surface area contributed by atoms with Crippen LogP contribution in [-0.2, 0) is 0 Å². The molecule has 0 unspecified atom stereocenters. The molecule has 0 aromatic heterocycles. The second-order valence-electron chi connectivity index (χ2n) is 4.07. The zero-order chi connectivity index (χ0) is 10.5. The predicted octanol–water partition coefficient (Wildman–Crippen LogP) is 4.77. The van der Waals surface area contributed by atoms with Gasteiger partial charge in [-0.2, -0.15) is 0 Å². The molecule has 1 fully saturated rings. The van der Waals surface area contributed by atoms with Crippen LogP contribution in [0.2, 0.25) is 5.02 Å². The number of rotatable bonds is 1. The summed E-state index contributed by atoms with van der Waals surface area (Å²) >= 11 is 5.83. The van der Waals surface area contributed by atoms with Gasteiger partial charge >= 0.3 is 0 Å². The fraction of sp³-hybridized carbons (Fsp3) is 0.462. The molecule has 0 N–H and O–H groups in total. The van der Waals surface area contributed by atoms with Crippen molar-refractivity contribution >= 4 is 23.0 Å². The predicted molar refractivity (Wildman–Crippen MR) is 66.2 cm³/mol. The van der Waals surface area contributed by atoms with Crippen LogP contribution in [0.4, 0.5) is 5.69 Å². The van der Waals surface area contributed by atoms with Gasteiger partial charge in [0.15, 0.2) is 0 Å². The summed E-state index contributed by atoms with van der Waals surface area (Å²) in [7, 11) is 0. The summed E-state index contributed by atoms with van der Waals surface area (Å²) in [5, 5.41) is 0.778. The third kappa shape index (κ3) is 3.35. The number of hydrogen-bond donors (Lipinski definition) is 0. The van der Waals surface area contributed by atoms with Crippen molar-refractivity contribution in [2.45, 2.75) is 38.5 Å². The van der Waals surface area contributed by atoms with Gasteiger partial charge in [0.1, 0.15) is 0 Å². The number of halogens is 1. The van der Waals surface area contributed by atoms with Crippen molar-refractivity contribution in [2.75, 3.05) is 0 Å². The van der Waals surface area contributed by atoms with E-state index in [-0.39, 0.29) is 0 Å². The first-order valence-electron chi connectivity index (χ1n) is 5.66. The molecule has 0 spiro atoms. The van der Waals surface area contributed by atoms with Crippen molar-refractivity contribution in [1.82, 2.24) is 0 Å². The van der Waals surface area contributed by atoms with Gasteiger partial charge in [-0.3, -0.25) is 4.99 Å². The maximum Gasteiger partial charge on any atom is 0.0630 e. The smallest absolute Gasteiger partial charge is 0.0630 e. The van der Waals surface area contributed by atoms with E-state index in [1.165, 1.54) is 44.2 Å². The molecule has 15 heavy (non-hydrogen) atoms. The Kier molecular flexibility index (Phi) is 3.79. The maximum atomic E-state index is 5.83. The minimum Gasteiger partial charge on any atom is -0.258 e. The van der Waals surface area contributed by atoms with Crippen LogP contribution in [0, 0.1) is 0 Å². The molecule has 0 saturated heterocycles. The Labute approximate surface area is 96.2 Å². The number of hydrogen-bond acceptors (Lipinski definition) is 1. The summed E-state index contributed by atoms with van der Waals surface area (Å²) in [5.41, 5.74) is 2.39. The molecule has 1 aliphatic rings. The molecular weight excluding hydrogens is 206 g/mol. The van der Waals surface area contributed by atoms with Crippen LogP contribution in [0.5, 0.6) is 0 Å². The Morgan fingerprint density at radius 1 is 0.867 bits per heavy atom. The van der Waals surface area contributed by atoms with Crippen LogP contribution < -0.4 is 0 Å². The fourth-order valence-corrected chi connectivity index (χ4v) is 2.07. The largest absolute Gasteiger partial charge is 0.258 e. The van der Waals surface area contributed by atoms with Crippen molar-refractivity contribution in [3.8, 4) is 0 Å². The highest BCUT2D eigenvalue weighted by Crippen LogP contribution is 2.21. The first kappa shape index (κ1) is 10.7. The van der Waals surface area contributed by atoms with E-state index in [0.29, 0.717) is 0 Å². The van der Waals surface area contributed by atoms with Gasteiger partial charge < -0.3 is 0 Å². The Morgan fingerprint density at radius 2 is 1.47 bits per heavy atom. The molecule has 0 heterocycles. The first-order chi connectivity index (χ1) is 7.34. The van der Waals surface area contributed by atoms with Gasteiger partial charge in [0.25, 0.3) is 0 Å². The van der Waals surface area contributed by atoms with E-state index in [1.807, 2.05) is 24.3 Å². The lowest BCUT2D eigenvalue weighted by molar-refractivity contribution is 0.702. The third-order valence-electron chi connectivity index (χ3n) is 2.79. The number of benzene rings is 1. The van der Waals surface area contributed by atoms with Crippen LogP contribution in [0.25, 0.3) is 0 Å². The summed E-state index contributed by atoms with van der Waals surface area (Å²) in [6, 6.07) is 7.77. The van der Waals surface area contributed by atoms with Gasteiger partial charge in [-0.1, -0.05) is 24.4 Å². The van der Waals surface area contributed by atoms with Crippen molar-refractivity contribution < 1.29 is 0 Å². The SMILES string of the molecule is Clc1ccc(N=C2CCCCCC2)cc1. The van der Waals surface area contributed by atoms with Crippen LogP contribution in [0.3, 0.4) is 0 Å². The van der Waals surface area contributed by atoms with Gasteiger partial charge in [-0.15, -0.1) is 0 Å². The Hall–Kier alpha value is -0.820. The Bertz CT molecular complexity index is 330. The molecule has 1 aliphatic carbocycles. The highest BCUT2D eigenvalue weighted by molar-refractivity contribution is 6.30. The normalized spacial score (nSPS) is 17.3. The second kappa shape index (κ2) is 5.32. The van der Waals surface area contributed by atoms with Gasteiger partial charge in [0.2, 0.25) is 0 Å². The quantitative estimate of drug-likeness (QED) is 0.606. The van der Waals surface area contributed by atoms with Gasteiger partial charge in [0.05, 0.1) is 5.69 Å². The van der Waals surface area contributed by atoms with Crippen LogP contribution in [0.1, 0.15) is 38.5 Å². The standard InChI is InChI=1S/C13H16ClN/c14-11-7-9-13(10-8-11)15-12-5-3-1-2-4-6-12/h7-10H,1-6H2. The zero-order valence-electron chi connectivity index (χ0n) is 8.88. The molecule has 80 valence electrons. The fourth-order valence-electron chi connectivity index (χ4n) is 1.95. The molecule has 2 rings (SSSR count). The molecule has 0 atom stereocenters. The van der Waals surface area contributed by atoms with Crippen molar-refractivity contribution in [3.05, 3.63) is 29.3 Å². The summed E-state index contributed by atoms with van der Waals surface area (Å²) in [6.45, 7) is 0. The van der Waals surface area contributed by atoms with E-state index in [4.69, 9.17) is 11.6 Å². The molecule has 0 aliphatic heterocycles. The topological polar surface area (TPSA) is 12.4 Å². The summed E-state index contributed by atoms with van der Waals surface area (Å²) < 4.78 is 0. The molecule has 1 aromatic rings. The van der Waals surface area contributed by atoms with E-state index in [9.17, 15) is 0 Å². The molecule has 1 aromatic carbocycles. The van der Waals surface area contributed by atoms with Crippen LogP contribution in [0.15, 0.2) is 29.3 Å². The molecule has 1 nitrogen and oxygen atoms in total. The number of aliphatic imine (C=N–C) groups is 1. The summed E-state index contributed by atoms with van der Waals surface area (Å²) in [5.74, 6) is 0. The number of nitrogens with zero attached hydrogens (tertiary/aromatic N) is 1. The molecule has 0 bridgehead atoms. The second-order valence-corrected chi connectivity index (χ2v) is 4.51. The molecule has 0 radical (unpaired) electrons. The van der Waals surface area contributed by atoms with Gasteiger partial charge in [-0.05, 0) is 49.9 Å². The summed E-state index contributed by atoms with van der Waals surface area (Å²) in [6.07, 6.45) is 7.66.